The summed E-state index contributed by atoms with van der Waals surface area (Å²) >= 11 is 0. The van der Waals surface area contributed by atoms with E-state index in [1.54, 1.807) is 13.0 Å². The molecule has 24 heavy (non-hydrogen) atoms. The van der Waals surface area contributed by atoms with Crippen LogP contribution in [0.1, 0.15) is 50.8 Å². The van der Waals surface area contributed by atoms with E-state index in [1.807, 2.05) is 27.7 Å². The first-order valence-electron chi connectivity index (χ1n) is 7.62. The quantitative estimate of drug-likeness (QED) is 0.565. The lowest BCUT2D eigenvalue weighted by molar-refractivity contribution is -0.0500. The molecule has 7 heteroatoms. The minimum absolute atomic E-state index is 0.255. The van der Waals surface area contributed by atoms with E-state index in [4.69, 9.17) is 0 Å². The monoisotopic (exact) mass is 362 g/mol. The van der Waals surface area contributed by atoms with Crippen molar-refractivity contribution in [1.29, 1.82) is 0 Å². The van der Waals surface area contributed by atoms with E-state index in [0.29, 0.717) is 5.56 Å². The van der Waals surface area contributed by atoms with E-state index in [0.717, 1.165) is 23.1 Å². The Kier molecular flexibility index (Phi) is 4.54. The molecule has 0 fully saturated rings. The molecule has 0 atom stereocenters. The Balaban J connectivity index is 2.59. The molecule has 0 heterocycles. The predicted octanol–water partition coefficient (Wildman–Crippen LogP) is 4.94. The van der Waals surface area contributed by atoms with Crippen LogP contribution in [0, 0.1) is 12.8 Å². The molecule has 0 aromatic heterocycles. The number of halogens is 3. The number of hydrogen-bond donors (Lipinski definition) is 0. The van der Waals surface area contributed by atoms with Gasteiger partial charge in [0.1, 0.15) is 5.75 Å². The molecule has 1 aromatic carbocycles. The Morgan fingerprint density at radius 3 is 2.29 bits per heavy atom. The van der Waals surface area contributed by atoms with Crippen LogP contribution < -0.4 is 4.18 Å². The van der Waals surface area contributed by atoms with E-state index < -0.39 is 15.6 Å². The van der Waals surface area contributed by atoms with Crippen molar-refractivity contribution in [2.75, 3.05) is 0 Å². The third-order valence-electron chi connectivity index (χ3n) is 4.29. The number of fused-ring (bicyclic) bond motifs is 1. The number of hydrogen-bond acceptors (Lipinski definition) is 3. The Morgan fingerprint density at radius 2 is 1.79 bits per heavy atom. The van der Waals surface area contributed by atoms with E-state index in [9.17, 15) is 21.6 Å². The molecular formula is C17H21F3O3S. The minimum Gasteiger partial charge on any atom is -0.376 e. The lowest BCUT2D eigenvalue weighted by Gasteiger charge is -2.34. The zero-order valence-electron chi connectivity index (χ0n) is 14.3. The van der Waals surface area contributed by atoms with Gasteiger partial charge in [-0.3, -0.25) is 0 Å². The molecule has 0 saturated carbocycles. The Hall–Kier alpha value is -1.50. The molecule has 2 rings (SSSR count). The van der Waals surface area contributed by atoms with Crippen molar-refractivity contribution < 1.29 is 25.8 Å². The van der Waals surface area contributed by atoms with Crippen molar-refractivity contribution in [2.45, 2.75) is 52.0 Å². The van der Waals surface area contributed by atoms with Crippen molar-refractivity contribution in [2.24, 2.45) is 5.92 Å². The second-order valence-corrected chi connectivity index (χ2v) is 8.59. The highest BCUT2D eigenvalue weighted by Gasteiger charge is 2.49. The topological polar surface area (TPSA) is 43.4 Å². The van der Waals surface area contributed by atoms with Crippen molar-refractivity contribution in [3.8, 4) is 5.75 Å². The molecule has 0 unspecified atom stereocenters. The van der Waals surface area contributed by atoms with Crippen LogP contribution in [0.2, 0.25) is 0 Å². The summed E-state index contributed by atoms with van der Waals surface area (Å²) in [5.41, 5.74) is -2.57. The van der Waals surface area contributed by atoms with Crippen LogP contribution in [0.4, 0.5) is 13.2 Å². The summed E-state index contributed by atoms with van der Waals surface area (Å²) in [7, 11) is -5.68. The van der Waals surface area contributed by atoms with Crippen molar-refractivity contribution in [3.63, 3.8) is 0 Å². The third-order valence-corrected chi connectivity index (χ3v) is 5.26. The molecular weight excluding hydrogens is 341 g/mol. The fourth-order valence-corrected chi connectivity index (χ4v) is 3.38. The maximum absolute atomic E-state index is 12.6. The van der Waals surface area contributed by atoms with Crippen molar-refractivity contribution in [1.82, 2.24) is 0 Å². The van der Waals surface area contributed by atoms with Crippen molar-refractivity contribution >= 4 is 15.7 Å². The van der Waals surface area contributed by atoms with Gasteiger partial charge in [-0.1, -0.05) is 33.8 Å². The van der Waals surface area contributed by atoms with Gasteiger partial charge in [0.25, 0.3) is 0 Å². The summed E-state index contributed by atoms with van der Waals surface area (Å²) < 4.78 is 64.8. The highest BCUT2D eigenvalue weighted by Crippen LogP contribution is 2.44. The normalized spacial score (nSPS) is 17.5. The smallest absolute Gasteiger partial charge is 0.376 e. The molecule has 1 aliphatic carbocycles. The van der Waals surface area contributed by atoms with Crippen LogP contribution in [-0.2, 0) is 15.5 Å². The predicted molar refractivity (Wildman–Crippen MR) is 87.2 cm³/mol. The van der Waals surface area contributed by atoms with Gasteiger partial charge in [0.05, 0.1) is 0 Å². The number of allylic oxidation sites excluding steroid dienone is 2. The van der Waals surface area contributed by atoms with Crippen LogP contribution in [0.25, 0.3) is 5.57 Å². The van der Waals surface area contributed by atoms with Gasteiger partial charge in [0.2, 0.25) is 0 Å². The minimum atomic E-state index is -5.68. The maximum Gasteiger partial charge on any atom is 0.534 e. The molecule has 0 spiro atoms. The maximum atomic E-state index is 12.6. The Bertz CT molecular complexity index is 788. The van der Waals surface area contributed by atoms with Crippen LogP contribution in [0.15, 0.2) is 18.2 Å². The number of aryl methyl sites for hydroxylation is 1. The van der Waals surface area contributed by atoms with Gasteiger partial charge >= 0.3 is 15.6 Å². The molecule has 0 radical (unpaired) electrons. The van der Waals surface area contributed by atoms with Gasteiger partial charge in [-0.15, -0.1) is 0 Å². The average molecular weight is 362 g/mol. The first-order chi connectivity index (χ1) is 10.8. The summed E-state index contributed by atoms with van der Waals surface area (Å²) in [6, 6.07) is 3.15. The van der Waals surface area contributed by atoms with Gasteiger partial charge < -0.3 is 4.18 Å². The summed E-state index contributed by atoms with van der Waals surface area (Å²) in [5, 5.41) is 0. The van der Waals surface area contributed by atoms with Crippen molar-refractivity contribution in [3.05, 3.63) is 34.9 Å². The molecule has 1 aromatic rings. The van der Waals surface area contributed by atoms with E-state index in [2.05, 4.69) is 10.3 Å². The average Bonchev–Trinajstić information content (AvgIpc) is 2.38. The number of benzene rings is 1. The largest absolute Gasteiger partial charge is 0.534 e. The molecule has 134 valence electrons. The molecule has 0 saturated heterocycles. The third kappa shape index (κ3) is 3.31. The van der Waals surface area contributed by atoms with Gasteiger partial charge in [-0.25, -0.2) is 0 Å². The first kappa shape index (κ1) is 18.8. The summed E-state index contributed by atoms with van der Waals surface area (Å²) in [6.45, 7) is 9.57. The van der Waals surface area contributed by atoms with Gasteiger partial charge in [-0.05, 0) is 59.1 Å². The van der Waals surface area contributed by atoms with Gasteiger partial charge in [-0.2, -0.15) is 21.6 Å². The Labute approximate surface area is 140 Å². The second kappa shape index (κ2) is 5.79. The summed E-state index contributed by atoms with van der Waals surface area (Å²) in [6.07, 6.45) is 2.86. The molecule has 1 aliphatic rings. The van der Waals surface area contributed by atoms with Gasteiger partial charge in [0.15, 0.2) is 0 Å². The summed E-state index contributed by atoms with van der Waals surface area (Å²) in [5.74, 6) is -0.0194. The molecule has 0 aliphatic heterocycles. The lowest BCUT2D eigenvalue weighted by Crippen LogP contribution is -2.29. The van der Waals surface area contributed by atoms with E-state index >= 15 is 0 Å². The first-order valence-corrected chi connectivity index (χ1v) is 9.03. The fraction of sp³-hybridized carbons (Fsp3) is 0.529. The molecule has 0 bridgehead atoms. The summed E-state index contributed by atoms with van der Waals surface area (Å²) in [4.78, 5) is 0. The molecule has 0 N–H and O–H groups in total. The highest BCUT2D eigenvalue weighted by atomic mass is 32.2. The highest BCUT2D eigenvalue weighted by molar-refractivity contribution is 7.88. The molecule has 3 nitrogen and oxygen atoms in total. The van der Waals surface area contributed by atoms with Crippen LogP contribution in [-0.4, -0.2) is 13.9 Å². The van der Waals surface area contributed by atoms with Crippen LogP contribution >= 0.6 is 0 Å². The lowest BCUT2D eigenvalue weighted by atomic mass is 9.71. The van der Waals surface area contributed by atoms with E-state index in [-0.39, 0.29) is 17.1 Å². The number of alkyl halides is 3. The van der Waals surface area contributed by atoms with Crippen LogP contribution in [0.5, 0.6) is 5.75 Å². The van der Waals surface area contributed by atoms with E-state index in [1.165, 1.54) is 6.07 Å². The van der Waals surface area contributed by atoms with Crippen LogP contribution in [0.3, 0.4) is 0 Å². The second-order valence-electron chi connectivity index (χ2n) is 7.05. The Morgan fingerprint density at radius 1 is 1.21 bits per heavy atom. The van der Waals surface area contributed by atoms with Gasteiger partial charge in [0, 0.05) is 0 Å². The number of rotatable bonds is 3. The zero-order valence-corrected chi connectivity index (χ0v) is 15.1. The molecule has 0 amide bonds. The SMILES string of the molecule is Cc1cc2c(cc1OS(=O)(=O)C(F)(F)F)C(C)(C)CC=C2C(C)C. The zero-order chi connectivity index (χ0) is 18.5. The fourth-order valence-electron chi connectivity index (χ4n) is 2.87. The standard InChI is InChI=1S/C17H21F3O3S/c1-10(2)12-6-7-16(4,5)14-9-15(11(3)8-13(12)14)23-24(21,22)17(18,19)20/h6,8-10H,7H2,1-5H3.